The first kappa shape index (κ1) is 20.8. The summed E-state index contributed by atoms with van der Waals surface area (Å²) in [6.07, 6.45) is 10.6. The number of carbonyl (C=O) groups is 1. The topological polar surface area (TPSA) is 35.5 Å². The highest BCUT2D eigenvalue weighted by molar-refractivity contribution is 9.09. The van der Waals surface area contributed by atoms with Crippen molar-refractivity contribution >= 4 is 45.1 Å². The average Bonchev–Trinajstić information content (AvgIpc) is 2.49. The summed E-state index contributed by atoms with van der Waals surface area (Å²) in [7, 11) is 0. The molecule has 1 unspecified atom stereocenters. The van der Waals surface area contributed by atoms with Crippen molar-refractivity contribution < 1.29 is 14.3 Å². The Morgan fingerprint density at radius 3 is 2.74 bits per heavy atom. The van der Waals surface area contributed by atoms with E-state index in [0.717, 1.165) is 6.42 Å². The Hall–Kier alpha value is -0.210. The van der Waals surface area contributed by atoms with E-state index in [9.17, 15) is 4.79 Å². The van der Waals surface area contributed by atoms with Crippen LogP contribution in [0.4, 0.5) is 0 Å². The van der Waals surface area contributed by atoms with E-state index in [-0.39, 0.29) is 33.8 Å². The Morgan fingerprint density at radius 2 is 2.17 bits per heavy atom. The number of alkyl halides is 3. The second kappa shape index (κ2) is 10.6. The standard InChI is InChI=1S/C17H23BrCl2O3/c1-4-6-7-8-15-13(19)9-14(20)17(22-11(3)21)10-16(23-15)12(18)5-2/h1,6-7,12-17H,5,8-10H2,2-3H3/b7-6-/t12-,13+,14+,15+,16?,17+/m1/s1. The molecule has 1 fully saturated rings. The second-order valence-electron chi connectivity index (χ2n) is 5.59. The highest BCUT2D eigenvalue weighted by Gasteiger charge is 2.37. The number of halogens is 3. The number of rotatable bonds is 5. The fraction of sp³-hybridized carbons (Fsp3) is 0.706. The van der Waals surface area contributed by atoms with Crippen LogP contribution >= 0.6 is 39.1 Å². The Labute approximate surface area is 157 Å². The molecular weight excluding hydrogens is 403 g/mol. The van der Waals surface area contributed by atoms with Crippen molar-refractivity contribution in [1.29, 1.82) is 0 Å². The van der Waals surface area contributed by atoms with Crippen LogP contribution in [0.15, 0.2) is 12.2 Å². The van der Waals surface area contributed by atoms with Gasteiger partial charge in [-0.1, -0.05) is 34.9 Å². The molecule has 0 N–H and O–H groups in total. The molecule has 0 aromatic heterocycles. The lowest BCUT2D eigenvalue weighted by molar-refractivity contribution is -0.150. The molecule has 1 rings (SSSR count). The van der Waals surface area contributed by atoms with E-state index < -0.39 is 6.10 Å². The van der Waals surface area contributed by atoms with Crippen molar-refractivity contribution in [2.75, 3.05) is 0 Å². The minimum atomic E-state index is -0.408. The Balaban J connectivity index is 2.92. The number of terminal acetylenes is 1. The van der Waals surface area contributed by atoms with E-state index in [1.165, 1.54) is 6.92 Å². The normalized spacial score (nSPS) is 33.5. The number of carbonyl (C=O) groups excluding carboxylic acids is 1. The lowest BCUT2D eigenvalue weighted by Crippen LogP contribution is -2.44. The Kier molecular flexibility index (Phi) is 9.61. The van der Waals surface area contributed by atoms with Crippen molar-refractivity contribution in [2.24, 2.45) is 0 Å². The van der Waals surface area contributed by atoms with Gasteiger partial charge < -0.3 is 9.47 Å². The minimum Gasteiger partial charge on any atom is -0.461 e. The molecule has 0 aliphatic carbocycles. The van der Waals surface area contributed by atoms with Crippen molar-refractivity contribution in [2.45, 2.75) is 73.4 Å². The van der Waals surface area contributed by atoms with Gasteiger partial charge in [0.2, 0.25) is 0 Å². The maximum Gasteiger partial charge on any atom is 0.302 e. The van der Waals surface area contributed by atoms with Gasteiger partial charge in [-0.3, -0.25) is 4.79 Å². The first-order valence-electron chi connectivity index (χ1n) is 7.75. The van der Waals surface area contributed by atoms with Crippen molar-refractivity contribution in [3.63, 3.8) is 0 Å². The monoisotopic (exact) mass is 424 g/mol. The molecule has 1 saturated heterocycles. The first-order chi connectivity index (χ1) is 10.9. The van der Waals surface area contributed by atoms with Crippen LogP contribution in [-0.2, 0) is 14.3 Å². The molecule has 1 heterocycles. The fourth-order valence-electron chi connectivity index (χ4n) is 2.56. The number of hydrogen-bond donors (Lipinski definition) is 0. The van der Waals surface area contributed by atoms with Crippen LogP contribution in [0, 0.1) is 12.3 Å². The van der Waals surface area contributed by atoms with Crippen LogP contribution in [0.5, 0.6) is 0 Å². The number of allylic oxidation sites excluding steroid dienone is 1. The van der Waals surface area contributed by atoms with Gasteiger partial charge in [0, 0.05) is 18.2 Å². The van der Waals surface area contributed by atoms with E-state index in [2.05, 4.69) is 28.8 Å². The molecule has 0 bridgehead atoms. The van der Waals surface area contributed by atoms with Crippen LogP contribution in [-0.4, -0.2) is 39.9 Å². The number of hydrogen-bond acceptors (Lipinski definition) is 3. The molecule has 23 heavy (non-hydrogen) atoms. The van der Waals surface area contributed by atoms with Crippen LogP contribution in [0.25, 0.3) is 0 Å². The molecular formula is C17H23BrCl2O3. The van der Waals surface area contributed by atoms with Gasteiger partial charge >= 0.3 is 5.97 Å². The Morgan fingerprint density at radius 1 is 1.48 bits per heavy atom. The van der Waals surface area contributed by atoms with Crippen LogP contribution < -0.4 is 0 Å². The van der Waals surface area contributed by atoms with Crippen LogP contribution in [0.2, 0.25) is 0 Å². The molecule has 0 amide bonds. The molecule has 0 radical (unpaired) electrons. The second-order valence-corrected chi connectivity index (χ2v) is 7.89. The molecule has 1 aliphatic heterocycles. The van der Waals surface area contributed by atoms with Gasteiger partial charge in [0.15, 0.2) is 0 Å². The SMILES string of the molecule is C#C/C=C\C[C@@H]1OC([C@H](Br)CC)C[C@H](OC(C)=O)[C@@H](Cl)C[C@@H]1Cl. The highest BCUT2D eigenvalue weighted by atomic mass is 79.9. The molecule has 6 atom stereocenters. The lowest BCUT2D eigenvalue weighted by Gasteiger charge is -2.37. The maximum absolute atomic E-state index is 11.3. The fourth-order valence-corrected chi connectivity index (χ4v) is 3.70. The molecule has 130 valence electrons. The van der Waals surface area contributed by atoms with Crippen molar-refractivity contribution in [3.05, 3.63) is 12.2 Å². The van der Waals surface area contributed by atoms with Gasteiger partial charge in [-0.15, -0.1) is 29.6 Å². The van der Waals surface area contributed by atoms with Gasteiger partial charge in [0.25, 0.3) is 0 Å². The summed E-state index contributed by atoms with van der Waals surface area (Å²) < 4.78 is 11.6. The van der Waals surface area contributed by atoms with E-state index in [0.29, 0.717) is 19.3 Å². The van der Waals surface area contributed by atoms with Crippen LogP contribution in [0.1, 0.15) is 39.5 Å². The zero-order valence-corrected chi connectivity index (χ0v) is 16.5. The zero-order valence-electron chi connectivity index (χ0n) is 13.4. The lowest BCUT2D eigenvalue weighted by atomic mass is 9.96. The summed E-state index contributed by atoms with van der Waals surface area (Å²) in [5.74, 6) is 2.12. The molecule has 3 nitrogen and oxygen atoms in total. The third-order valence-corrected chi connectivity index (χ3v) is 5.92. The maximum atomic E-state index is 11.3. The molecule has 1 aliphatic rings. The minimum absolute atomic E-state index is 0.130. The molecule has 6 heteroatoms. The number of ether oxygens (including phenoxy) is 2. The molecule has 0 saturated carbocycles. The van der Waals surface area contributed by atoms with E-state index in [1.807, 2.05) is 6.08 Å². The molecule has 0 aromatic rings. The summed E-state index contributed by atoms with van der Waals surface area (Å²) in [5.41, 5.74) is 0. The van der Waals surface area contributed by atoms with Gasteiger partial charge in [-0.2, -0.15) is 0 Å². The van der Waals surface area contributed by atoms with E-state index in [1.54, 1.807) is 6.08 Å². The largest absolute Gasteiger partial charge is 0.461 e. The summed E-state index contributed by atoms with van der Waals surface area (Å²) in [5, 5.41) is -0.624. The molecule has 0 aromatic carbocycles. The summed E-state index contributed by atoms with van der Waals surface area (Å²) in [4.78, 5) is 11.5. The zero-order chi connectivity index (χ0) is 17.4. The van der Waals surface area contributed by atoms with Gasteiger partial charge in [-0.05, 0) is 25.3 Å². The quantitative estimate of drug-likeness (QED) is 0.371. The summed E-state index contributed by atoms with van der Waals surface area (Å²) in [6, 6.07) is 0. The van der Waals surface area contributed by atoms with Gasteiger partial charge in [-0.25, -0.2) is 0 Å². The van der Waals surface area contributed by atoms with E-state index in [4.69, 9.17) is 39.1 Å². The predicted molar refractivity (Wildman–Crippen MR) is 98.3 cm³/mol. The summed E-state index contributed by atoms with van der Waals surface area (Å²) in [6.45, 7) is 3.45. The predicted octanol–water partition coefficient (Wildman–Crippen LogP) is 4.43. The van der Waals surface area contributed by atoms with Gasteiger partial charge in [0.05, 0.1) is 23.0 Å². The summed E-state index contributed by atoms with van der Waals surface area (Å²) >= 11 is 16.6. The van der Waals surface area contributed by atoms with Gasteiger partial charge in [0.1, 0.15) is 6.10 Å². The third-order valence-electron chi connectivity index (χ3n) is 3.76. The molecule has 0 spiro atoms. The van der Waals surface area contributed by atoms with Crippen LogP contribution in [0.3, 0.4) is 0 Å². The number of esters is 1. The average molecular weight is 426 g/mol. The van der Waals surface area contributed by atoms with E-state index >= 15 is 0 Å². The van der Waals surface area contributed by atoms with Crippen molar-refractivity contribution in [3.8, 4) is 12.3 Å². The first-order valence-corrected chi connectivity index (χ1v) is 9.53. The smallest absolute Gasteiger partial charge is 0.302 e. The highest BCUT2D eigenvalue weighted by Crippen LogP contribution is 2.32. The Bertz CT molecular complexity index is 450. The third kappa shape index (κ3) is 7.05. The van der Waals surface area contributed by atoms with Crippen molar-refractivity contribution in [1.82, 2.24) is 0 Å².